The van der Waals surface area contributed by atoms with Gasteiger partial charge in [0.2, 0.25) is 5.91 Å². The lowest BCUT2D eigenvalue weighted by molar-refractivity contribution is -0.126. The third kappa shape index (κ3) is 2.41. The van der Waals surface area contributed by atoms with Crippen LogP contribution in [0.2, 0.25) is 0 Å². The summed E-state index contributed by atoms with van der Waals surface area (Å²) in [5.74, 6) is 0.0793. The smallest absolute Gasteiger partial charge is 0.240 e. The van der Waals surface area contributed by atoms with Crippen molar-refractivity contribution in [1.29, 1.82) is 0 Å². The van der Waals surface area contributed by atoms with Crippen molar-refractivity contribution in [2.75, 3.05) is 6.54 Å². The van der Waals surface area contributed by atoms with Crippen molar-refractivity contribution in [3.63, 3.8) is 0 Å². The van der Waals surface area contributed by atoms with Gasteiger partial charge in [-0.05, 0) is 33.2 Å². The maximum Gasteiger partial charge on any atom is 0.240 e. The minimum Gasteiger partial charge on any atom is -0.349 e. The zero-order chi connectivity index (χ0) is 11.6. The molecule has 5 heteroatoms. The molecule has 1 aromatic rings. The molecule has 0 aliphatic carbocycles. The molecule has 1 fully saturated rings. The summed E-state index contributed by atoms with van der Waals surface area (Å²) in [6, 6.07) is 0. The molecule has 1 aliphatic rings. The molecule has 1 unspecified atom stereocenters. The van der Waals surface area contributed by atoms with E-state index in [0.717, 1.165) is 30.1 Å². The molecule has 1 atom stereocenters. The molecular weight excluding hydrogens is 222 g/mol. The van der Waals surface area contributed by atoms with Crippen molar-refractivity contribution in [1.82, 2.24) is 15.6 Å². The molecule has 2 N–H and O–H groups in total. The summed E-state index contributed by atoms with van der Waals surface area (Å²) < 4.78 is 0. The Kier molecular flexibility index (Phi) is 3.25. The lowest BCUT2D eigenvalue weighted by Crippen LogP contribution is -2.50. The van der Waals surface area contributed by atoms with Gasteiger partial charge < -0.3 is 10.6 Å². The molecule has 88 valence electrons. The van der Waals surface area contributed by atoms with Crippen molar-refractivity contribution in [2.24, 2.45) is 0 Å². The Labute approximate surface area is 99.5 Å². The van der Waals surface area contributed by atoms with Crippen molar-refractivity contribution >= 4 is 17.2 Å². The zero-order valence-corrected chi connectivity index (χ0v) is 10.5. The number of thiazole rings is 1. The first kappa shape index (κ1) is 11.5. The third-order valence-electron chi connectivity index (χ3n) is 2.97. The summed E-state index contributed by atoms with van der Waals surface area (Å²) >= 11 is 1.61. The van der Waals surface area contributed by atoms with Crippen molar-refractivity contribution in [2.45, 2.75) is 38.8 Å². The van der Waals surface area contributed by atoms with E-state index in [2.05, 4.69) is 15.6 Å². The Balaban J connectivity index is 1.88. The molecule has 16 heavy (non-hydrogen) atoms. The monoisotopic (exact) mass is 239 g/mol. The molecule has 2 heterocycles. The van der Waals surface area contributed by atoms with Crippen LogP contribution < -0.4 is 10.6 Å². The Morgan fingerprint density at radius 3 is 3.12 bits per heavy atom. The lowest BCUT2D eigenvalue weighted by Gasteiger charge is -2.22. The van der Waals surface area contributed by atoms with Crippen LogP contribution in [0, 0.1) is 6.92 Å². The number of nitrogens with one attached hydrogen (secondary N) is 2. The number of rotatable bonds is 3. The molecule has 2 rings (SSSR count). The minimum absolute atomic E-state index is 0.0793. The first-order valence-electron chi connectivity index (χ1n) is 5.54. The van der Waals surface area contributed by atoms with Gasteiger partial charge in [0.25, 0.3) is 0 Å². The van der Waals surface area contributed by atoms with E-state index in [9.17, 15) is 4.79 Å². The second-order valence-electron chi connectivity index (χ2n) is 4.40. The Morgan fingerprint density at radius 2 is 2.56 bits per heavy atom. The molecule has 4 nitrogen and oxygen atoms in total. The highest BCUT2D eigenvalue weighted by molar-refractivity contribution is 7.09. The Morgan fingerprint density at radius 1 is 1.75 bits per heavy atom. The van der Waals surface area contributed by atoms with Crippen LogP contribution in [0.5, 0.6) is 0 Å². The number of carbonyl (C=O) groups excluding carboxylic acids is 1. The van der Waals surface area contributed by atoms with Gasteiger partial charge in [-0.1, -0.05) is 0 Å². The minimum atomic E-state index is -0.384. The van der Waals surface area contributed by atoms with Gasteiger partial charge >= 0.3 is 0 Å². The maximum absolute atomic E-state index is 11.9. The van der Waals surface area contributed by atoms with E-state index in [1.807, 2.05) is 19.2 Å². The van der Waals surface area contributed by atoms with E-state index < -0.39 is 0 Å². The van der Waals surface area contributed by atoms with Gasteiger partial charge in [0, 0.05) is 5.38 Å². The highest BCUT2D eigenvalue weighted by Gasteiger charge is 2.35. The fourth-order valence-electron chi connectivity index (χ4n) is 1.94. The largest absolute Gasteiger partial charge is 0.349 e. The zero-order valence-electron chi connectivity index (χ0n) is 9.67. The van der Waals surface area contributed by atoms with E-state index in [0.29, 0.717) is 6.54 Å². The van der Waals surface area contributed by atoms with Gasteiger partial charge in [-0.3, -0.25) is 4.79 Å². The van der Waals surface area contributed by atoms with Crippen LogP contribution in [0.1, 0.15) is 30.5 Å². The second-order valence-corrected chi connectivity index (χ2v) is 5.47. The van der Waals surface area contributed by atoms with Crippen molar-refractivity contribution in [3.05, 3.63) is 16.1 Å². The first-order chi connectivity index (χ1) is 7.60. The van der Waals surface area contributed by atoms with Crippen molar-refractivity contribution in [3.8, 4) is 0 Å². The summed E-state index contributed by atoms with van der Waals surface area (Å²) in [6.45, 7) is 5.39. The van der Waals surface area contributed by atoms with Crippen molar-refractivity contribution < 1.29 is 4.79 Å². The summed E-state index contributed by atoms with van der Waals surface area (Å²) in [6.07, 6.45) is 1.98. The van der Waals surface area contributed by atoms with E-state index in [1.54, 1.807) is 11.3 Å². The van der Waals surface area contributed by atoms with E-state index in [4.69, 9.17) is 0 Å². The number of carbonyl (C=O) groups is 1. The predicted octanol–water partition coefficient (Wildman–Crippen LogP) is 1.21. The van der Waals surface area contributed by atoms with Gasteiger partial charge in [0.1, 0.15) is 0 Å². The summed E-state index contributed by atoms with van der Waals surface area (Å²) in [4.78, 5) is 16.3. The lowest BCUT2D eigenvalue weighted by atomic mass is 9.99. The quantitative estimate of drug-likeness (QED) is 0.833. The van der Waals surface area contributed by atoms with Crippen LogP contribution in [0.15, 0.2) is 5.38 Å². The predicted molar refractivity (Wildman–Crippen MR) is 64.3 cm³/mol. The molecule has 1 aromatic heterocycles. The van der Waals surface area contributed by atoms with Gasteiger partial charge in [0.15, 0.2) is 0 Å². The summed E-state index contributed by atoms with van der Waals surface area (Å²) in [5, 5.41) is 9.20. The van der Waals surface area contributed by atoms with Gasteiger partial charge in [0.05, 0.1) is 22.8 Å². The number of amides is 1. The summed E-state index contributed by atoms with van der Waals surface area (Å²) in [5.41, 5.74) is 0.558. The fraction of sp³-hybridized carbons (Fsp3) is 0.636. The second kappa shape index (κ2) is 4.51. The molecular formula is C11H17N3OS. The average molecular weight is 239 g/mol. The van der Waals surface area contributed by atoms with Gasteiger partial charge in [-0.2, -0.15) is 0 Å². The molecule has 0 radical (unpaired) electrons. The molecule has 1 amide bonds. The topological polar surface area (TPSA) is 54.0 Å². The van der Waals surface area contributed by atoms with E-state index in [-0.39, 0.29) is 11.4 Å². The SMILES string of the molecule is Cc1nc(CNC(=O)C2(C)CCCN2)cs1. The van der Waals surface area contributed by atoms with Crippen LogP contribution >= 0.6 is 11.3 Å². The van der Waals surface area contributed by atoms with Gasteiger partial charge in [-0.15, -0.1) is 11.3 Å². The van der Waals surface area contributed by atoms with Crippen LogP contribution in [0.25, 0.3) is 0 Å². The average Bonchev–Trinajstić information content (AvgIpc) is 2.85. The molecule has 0 spiro atoms. The first-order valence-corrected chi connectivity index (χ1v) is 6.42. The third-order valence-corrected chi connectivity index (χ3v) is 3.79. The van der Waals surface area contributed by atoms with Crippen LogP contribution in [-0.2, 0) is 11.3 Å². The number of aromatic nitrogens is 1. The van der Waals surface area contributed by atoms with E-state index >= 15 is 0 Å². The van der Waals surface area contributed by atoms with Gasteiger partial charge in [-0.25, -0.2) is 4.98 Å². The fourth-order valence-corrected chi connectivity index (χ4v) is 2.56. The molecule has 0 bridgehead atoms. The molecule has 0 saturated carbocycles. The van der Waals surface area contributed by atoms with Crippen LogP contribution in [0.4, 0.5) is 0 Å². The number of hydrogen-bond donors (Lipinski definition) is 2. The maximum atomic E-state index is 11.9. The van der Waals surface area contributed by atoms with Crippen LogP contribution in [0.3, 0.4) is 0 Å². The molecule has 0 aromatic carbocycles. The number of nitrogens with zero attached hydrogens (tertiary/aromatic N) is 1. The number of aryl methyl sites for hydroxylation is 1. The standard InChI is InChI=1S/C11H17N3OS/c1-8-14-9(7-16-8)6-12-10(15)11(2)4-3-5-13-11/h7,13H,3-6H2,1-2H3,(H,12,15). The highest BCUT2D eigenvalue weighted by Crippen LogP contribution is 2.18. The highest BCUT2D eigenvalue weighted by atomic mass is 32.1. The van der Waals surface area contributed by atoms with E-state index in [1.165, 1.54) is 0 Å². The molecule has 1 saturated heterocycles. The van der Waals surface area contributed by atoms with Crippen LogP contribution in [-0.4, -0.2) is 23.0 Å². The summed E-state index contributed by atoms with van der Waals surface area (Å²) in [7, 11) is 0. The Hall–Kier alpha value is -0.940. The Bertz CT molecular complexity index is 382. The normalized spacial score (nSPS) is 24.6. The number of hydrogen-bond acceptors (Lipinski definition) is 4. The molecule has 1 aliphatic heterocycles.